The Balaban J connectivity index is 1.36. The fourth-order valence-corrected chi connectivity index (χ4v) is 4.45. The van der Waals surface area contributed by atoms with Gasteiger partial charge in [0.25, 0.3) is 0 Å². The molecule has 0 amide bonds. The van der Waals surface area contributed by atoms with E-state index < -0.39 is 0 Å². The molecule has 140 valence electrons. The van der Waals surface area contributed by atoms with E-state index in [1.165, 1.54) is 17.4 Å². The van der Waals surface area contributed by atoms with Crippen LogP contribution in [-0.2, 0) is 6.54 Å². The molecule has 5 nitrogen and oxygen atoms in total. The zero-order chi connectivity index (χ0) is 18.8. The number of hydrogen-bond donors (Lipinski definition) is 1. The van der Waals surface area contributed by atoms with Gasteiger partial charge in [-0.3, -0.25) is 9.88 Å². The number of benzene rings is 1. The molecular weight excluding hydrogens is 366 g/mol. The molecule has 0 radical (unpaired) electrons. The average Bonchev–Trinajstić information content (AvgIpc) is 3.40. The normalized spacial score (nSPS) is 17.2. The molecule has 0 bridgehead atoms. The minimum Gasteiger partial charge on any atom is -0.316 e. The van der Waals surface area contributed by atoms with Gasteiger partial charge >= 0.3 is 0 Å². The first-order valence-electron chi connectivity index (χ1n) is 9.56. The summed E-state index contributed by atoms with van der Waals surface area (Å²) >= 11 is 1.58. The summed E-state index contributed by atoms with van der Waals surface area (Å²) in [5.41, 5.74) is 3.50. The second-order valence-electron chi connectivity index (χ2n) is 7.07. The molecule has 28 heavy (non-hydrogen) atoms. The quantitative estimate of drug-likeness (QED) is 0.512. The minimum absolute atomic E-state index is 0.350. The van der Waals surface area contributed by atoms with Gasteiger partial charge in [0.1, 0.15) is 5.82 Å². The van der Waals surface area contributed by atoms with Crippen molar-refractivity contribution in [2.45, 2.75) is 25.4 Å². The Morgan fingerprint density at radius 2 is 2.07 bits per heavy atom. The molecule has 4 aromatic rings. The predicted octanol–water partition coefficient (Wildman–Crippen LogP) is 5.17. The molecule has 0 spiro atoms. The maximum absolute atomic E-state index is 4.88. The fourth-order valence-electron chi connectivity index (χ4n) is 3.91. The summed E-state index contributed by atoms with van der Waals surface area (Å²) in [5.74, 6) is 0.857. The van der Waals surface area contributed by atoms with Crippen molar-refractivity contribution in [2.24, 2.45) is 0 Å². The topological polar surface area (TPSA) is 53.9 Å². The summed E-state index contributed by atoms with van der Waals surface area (Å²) in [5, 5.41) is 7.34. The van der Waals surface area contributed by atoms with E-state index in [9.17, 15) is 0 Å². The minimum atomic E-state index is 0.350. The Morgan fingerprint density at radius 1 is 1.07 bits per heavy atom. The summed E-state index contributed by atoms with van der Waals surface area (Å²) in [6, 6.07) is 17.3. The van der Waals surface area contributed by atoms with E-state index in [0.717, 1.165) is 41.7 Å². The van der Waals surface area contributed by atoms with E-state index in [1.807, 2.05) is 23.7 Å². The van der Waals surface area contributed by atoms with Crippen molar-refractivity contribution in [3.8, 4) is 0 Å². The van der Waals surface area contributed by atoms with E-state index in [-0.39, 0.29) is 0 Å². The van der Waals surface area contributed by atoms with Gasteiger partial charge in [0.15, 0.2) is 5.13 Å². The zero-order valence-corrected chi connectivity index (χ0v) is 16.3. The third-order valence-corrected chi connectivity index (χ3v) is 5.88. The van der Waals surface area contributed by atoms with Gasteiger partial charge in [-0.1, -0.05) is 18.2 Å². The highest BCUT2D eigenvalue weighted by Gasteiger charge is 2.27. The Kier molecular flexibility index (Phi) is 4.72. The van der Waals surface area contributed by atoms with Crippen molar-refractivity contribution < 1.29 is 0 Å². The number of anilines is 2. The second-order valence-corrected chi connectivity index (χ2v) is 7.96. The number of pyridine rings is 2. The highest BCUT2D eigenvalue weighted by Crippen LogP contribution is 2.33. The summed E-state index contributed by atoms with van der Waals surface area (Å²) in [6.07, 6.45) is 5.99. The molecule has 3 aromatic heterocycles. The number of aromatic nitrogens is 3. The van der Waals surface area contributed by atoms with Crippen LogP contribution in [0.25, 0.3) is 10.9 Å². The lowest BCUT2D eigenvalue weighted by atomic mass is 10.1. The van der Waals surface area contributed by atoms with Gasteiger partial charge in [-0.2, -0.15) is 0 Å². The van der Waals surface area contributed by atoms with Gasteiger partial charge in [0.05, 0.1) is 17.3 Å². The smallest absolute Gasteiger partial charge is 0.188 e. The molecule has 1 aliphatic rings. The summed E-state index contributed by atoms with van der Waals surface area (Å²) in [4.78, 5) is 16.1. The monoisotopic (exact) mass is 387 g/mol. The van der Waals surface area contributed by atoms with Gasteiger partial charge in [-0.05, 0) is 55.3 Å². The molecule has 1 aromatic carbocycles. The lowest BCUT2D eigenvalue weighted by Crippen LogP contribution is -2.23. The third-order valence-electron chi connectivity index (χ3n) is 5.20. The Morgan fingerprint density at radius 3 is 3.00 bits per heavy atom. The summed E-state index contributed by atoms with van der Waals surface area (Å²) in [6.45, 7) is 2.03. The maximum atomic E-state index is 4.88. The second kappa shape index (κ2) is 7.66. The fraction of sp³-hybridized carbons (Fsp3) is 0.227. The summed E-state index contributed by atoms with van der Waals surface area (Å²) < 4.78 is 0. The molecule has 1 aliphatic heterocycles. The SMILES string of the molecule is c1cc(Nc2nccs2)nc([C@H]2CCCN2Cc2ccc3ncccc3c2)c1. The highest BCUT2D eigenvalue weighted by atomic mass is 32.1. The molecule has 1 N–H and O–H groups in total. The predicted molar refractivity (Wildman–Crippen MR) is 114 cm³/mol. The van der Waals surface area contributed by atoms with Crippen LogP contribution < -0.4 is 5.32 Å². The Labute approximate surface area is 168 Å². The van der Waals surface area contributed by atoms with E-state index in [2.05, 4.69) is 56.6 Å². The van der Waals surface area contributed by atoms with Crippen molar-refractivity contribution in [3.63, 3.8) is 0 Å². The van der Waals surface area contributed by atoms with Gasteiger partial charge in [-0.15, -0.1) is 11.3 Å². The van der Waals surface area contributed by atoms with E-state index >= 15 is 0 Å². The maximum Gasteiger partial charge on any atom is 0.188 e. The van der Waals surface area contributed by atoms with E-state index in [0.29, 0.717) is 6.04 Å². The standard InChI is InChI=1S/C22H21N5S/c1-5-19(25-21(7-1)26-22-24-11-13-28-22)20-6-3-12-27(20)15-16-8-9-18-17(14-16)4-2-10-23-18/h1-2,4-5,7-11,13-14,20H,3,6,12,15H2,(H,24,25,26)/t20-/m1/s1. The van der Waals surface area contributed by atoms with Crippen LogP contribution in [0, 0.1) is 0 Å². The van der Waals surface area contributed by atoms with Crippen molar-refractivity contribution in [3.05, 3.63) is 77.6 Å². The first-order valence-corrected chi connectivity index (χ1v) is 10.4. The molecule has 4 heterocycles. The van der Waals surface area contributed by atoms with Crippen LogP contribution in [0.2, 0.25) is 0 Å². The molecule has 1 fully saturated rings. The van der Waals surface area contributed by atoms with Crippen molar-refractivity contribution >= 4 is 33.2 Å². The lowest BCUT2D eigenvalue weighted by Gasteiger charge is -2.24. The number of rotatable bonds is 5. The highest BCUT2D eigenvalue weighted by molar-refractivity contribution is 7.13. The molecule has 6 heteroatoms. The van der Waals surface area contributed by atoms with Crippen LogP contribution in [0.4, 0.5) is 10.9 Å². The molecule has 0 aliphatic carbocycles. The number of fused-ring (bicyclic) bond motifs is 1. The molecule has 0 saturated carbocycles. The van der Waals surface area contributed by atoms with Crippen LogP contribution >= 0.6 is 11.3 Å². The van der Waals surface area contributed by atoms with Crippen LogP contribution in [-0.4, -0.2) is 26.4 Å². The number of nitrogens with zero attached hydrogens (tertiary/aromatic N) is 4. The number of thiazole rings is 1. The van der Waals surface area contributed by atoms with Crippen LogP contribution in [0.3, 0.4) is 0 Å². The van der Waals surface area contributed by atoms with Crippen molar-refractivity contribution in [1.82, 2.24) is 19.9 Å². The first-order chi connectivity index (χ1) is 13.8. The van der Waals surface area contributed by atoms with Gasteiger partial charge < -0.3 is 5.32 Å². The van der Waals surface area contributed by atoms with Gasteiger partial charge in [0, 0.05) is 29.7 Å². The third kappa shape index (κ3) is 3.61. The zero-order valence-electron chi connectivity index (χ0n) is 15.5. The van der Waals surface area contributed by atoms with Crippen molar-refractivity contribution in [1.29, 1.82) is 0 Å². The average molecular weight is 388 g/mol. The largest absolute Gasteiger partial charge is 0.316 e. The molecule has 0 unspecified atom stereocenters. The van der Waals surface area contributed by atoms with Crippen LogP contribution in [0.5, 0.6) is 0 Å². The van der Waals surface area contributed by atoms with Crippen LogP contribution in [0.15, 0.2) is 66.3 Å². The number of likely N-dealkylation sites (tertiary alicyclic amines) is 1. The van der Waals surface area contributed by atoms with Gasteiger partial charge in [-0.25, -0.2) is 9.97 Å². The Hall–Kier alpha value is -2.83. The molecule has 1 saturated heterocycles. The van der Waals surface area contributed by atoms with Crippen molar-refractivity contribution in [2.75, 3.05) is 11.9 Å². The molecule has 5 rings (SSSR count). The van der Waals surface area contributed by atoms with E-state index in [4.69, 9.17) is 4.98 Å². The lowest BCUT2D eigenvalue weighted by molar-refractivity contribution is 0.244. The van der Waals surface area contributed by atoms with E-state index in [1.54, 1.807) is 17.5 Å². The molecule has 1 atom stereocenters. The Bertz CT molecular complexity index is 1080. The van der Waals surface area contributed by atoms with Crippen LogP contribution in [0.1, 0.15) is 30.1 Å². The number of hydrogen-bond acceptors (Lipinski definition) is 6. The first kappa shape index (κ1) is 17.3. The summed E-state index contributed by atoms with van der Waals surface area (Å²) in [7, 11) is 0. The number of nitrogens with one attached hydrogen (secondary N) is 1. The van der Waals surface area contributed by atoms with Gasteiger partial charge in [0.2, 0.25) is 0 Å². The molecular formula is C22H21N5S.